The second-order valence-electron chi connectivity index (χ2n) is 7.85. The molecule has 0 bridgehead atoms. The van der Waals surface area contributed by atoms with Crippen LogP contribution in [0.1, 0.15) is 11.1 Å². The fourth-order valence-electron chi connectivity index (χ4n) is 3.42. The van der Waals surface area contributed by atoms with E-state index >= 15 is 0 Å². The molecule has 1 heterocycles. The highest BCUT2D eigenvalue weighted by molar-refractivity contribution is 8.09. The summed E-state index contributed by atoms with van der Waals surface area (Å²) in [5.74, 6) is -4.26. The zero-order valence-corrected chi connectivity index (χ0v) is 23.8. The molecular formula is C21H18Cl2FN5O10S2. The van der Waals surface area contributed by atoms with Crippen LogP contribution in [0.3, 0.4) is 0 Å². The third-order valence-corrected chi connectivity index (χ3v) is 9.59. The fourth-order valence-corrected chi connectivity index (χ4v) is 7.63. The lowest BCUT2D eigenvalue weighted by Gasteiger charge is -2.23. The average Bonchev–Trinajstić information content (AvgIpc) is 2.89. The number of ether oxygens (including phenoxy) is 2. The number of halogens is 3. The van der Waals surface area contributed by atoms with E-state index in [1.54, 1.807) is 0 Å². The van der Waals surface area contributed by atoms with Crippen LogP contribution in [0, 0.1) is 20.2 Å². The van der Waals surface area contributed by atoms with Crippen molar-refractivity contribution in [3.05, 3.63) is 84.0 Å². The van der Waals surface area contributed by atoms with Gasteiger partial charge in [0.1, 0.15) is 24.8 Å². The maximum atomic E-state index is 13.7. The van der Waals surface area contributed by atoms with Crippen LogP contribution in [0.4, 0.5) is 21.7 Å². The molecule has 0 fully saturated rings. The third-order valence-electron chi connectivity index (χ3n) is 5.07. The van der Waals surface area contributed by atoms with Gasteiger partial charge in [0.2, 0.25) is 0 Å². The molecule has 0 N–H and O–H groups in total. The van der Waals surface area contributed by atoms with Gasteiger partial charge in [0, 0.05) is 33.3 Å². The van der Waals surface area contributed by atoms with Gasteiger partial charge in [-0.3, -0.25) is 20.2 Å². The zero-order valence-electron chi connectivity index (χ0n) is 20.6. The van der Waals surface area contributed by atoms with Crippen molar-refractivity contribution < 1.29 is 40.5 Å². The minimum Gasteiger partial charge on any atom is -0.484 e. The lowest BCUT2D eigenvalue weighted by atomic mass is 10.2. The van der Waals surface area contributed by atoms with Crippen LogP contribution in [0.15, 0.2) is 42.6 Å². The molecule has 0 unspecified atom stereocenters. The van der Waals surface area contributed by atoms with Gasteiger partial charge in [-0.1, -0.05) is 23.2 Å². The predicted molar refractivity (Wildman–Crippen MR) is 144 cm³/mol. The van der Waals surface area contributed by atoms with Gasteiger partial charge in [0.25, 0.3) is 43.2 Å². The summed E-state index contributed by atoms with van der Waals surface area (Å²) in [6, 6.07) is 6.10. The molecule has 0 aliphatic carbocycles. The molecule has 0 spiro atoms. The van der Waals surface area contributed by atoms with Crippen LogP contribution in [0.2, 0.25) is 10.0 Å². The molecule has 0 aliphatic rings. The lowest BCUT2D eigenvalue weighted by molar-refractivity contribution is -0.385. The number of anilines is 1. The van der Waals surface area contributed by atoms with E-state index < -0.39 is 89.0 Å². The second kappa shape index (κ2) is 12.8. The minimum atomic E-state index is -5.15. The summed E-state index contributed by atoms with van der Waals surface area (Å²) in [6.45, 7) is -1.38. The van der Waals surface area contributed by atoms with Crippen molar-refractivity contribution in [1.29, 1.82) is 0 Å². The molecule has 41 heavy (non-hydrogen) atoms. The third kappa shape index (κ3) is 7.46. The van der Waals surface area contributed by atoms with E-state index in [4.69, 9.17) is 32.7 Å². The Bertz CT molecular complexity index is 1620. The fraction of sp³-hybridized carbons (Fsp3) is 0.238. The highest BCUT2D eigenvalue weighted by atomic mass is 35.5. The van der Waals surface area contributed by atoms with Crippen LogP contribution in [0.25, 0.3) is 0 Å². The number of methoxy groups -OCH3 is 1. The van der Waals surface area contributed by atoms with E-state index in [0.29, 0.717) is 0 Å². The van der Waals surface area contributed by atoms with Gasteiger partial charge in [0.15, 0.2) is 5.75 Å². The first-order chi connectivity index (χ1) is 19.2. The maximum Gasteiger partial charge on any atom is 0.275 e. The smallest absolute Gasteiger partial charge is 0.275 e. The second-order valence-corrected chi connectivity index (χ2v) is 12.6. The number of nitro benzene ring substituents is 2. The van der Waals surface area contributed by atoms with Crippen LogP contribution in [0.5, 0.6) is 11.6 Å². The molecule has 1 aromatic heterocycles. The lowest BCUT2D eigenvalue weighted by Crippen LogP contribution is -2.40. The summed E-state index contributed by atoms with van der Waals surface area (Å²) < 4.78 is 77.1. The van der Waals surface area contributed by atoms with Gasteiger partial charge in [-0.25, -0.2) is 26.2 Å². The number of aromatic nitrogens is 2. The molecule has 220 valence electrons. The van der Waals surface area contributed by atoms with Crippen molar-refractivity contribution >= 4 is 60.6 Å². The SMILES string of the molecule is COc1nc(N(S(=O)(=O)Cc2ccc(Cl)cc2[N+](=O)[O-])S(=O)(=O)Cc2ccc(Cl)cc2[N+](=O)[O-])ncc1OCCF. The van der Waals surface area contributed by atoms with Gasteiger partial charge >= 0.3 is 0 Å². The molecule has 0 radical (unpaired) electrons. The number of rotatable bonds is 13. The summed E-state index contributed by atoms with van der Waals surface area (Å²) in [5.41, 5.74) is -2.32. The van der Waals surface area contributed by atoms with Crippen molar-refractivity contribution in [3.8, 4) is 11.6 Å². The Morgan fingerprint density at radius 2 is 1.41 bits per heavy atom. The number of benzene rings is 2. The Kier molecular flexibility index (Phi) is 9.85. The molecule has 0 amide bonds. The Balaban J connectivity index is 2.21. The van der Waals surface area contributed by atoms with Crippen LogP contribution in [-0.4, -0.2) is 57.0 Å². The van der Waals surface area contributed by atoms with Crippen molar-refractivity contribution in [2.24, 2.45) is 0 Å². The van der Waals surface area contributed by atoms with E-state index in [1.165, 1.54) is 0 Å². The van der Waals surface area contributed by atoms with Crippen molar-refractivity contribution in [2.45, 2.75) is 11.5 Å². The van der Waals surface area contributed by atoms with Gasteiger partial charge in [0.05, 0.1) is 23.2 Å². The normalized spacial score (nSPS) is 11.6. The summed E-state index contributed by atoms with van der Waals surface area (Å²) in [6.07, 6.45) is 0.824. The molecule has 20 heteroatoms. The van der Waals surface area contributed by atoms with Crippen LogP contribution < -0.4 is 13.2 Å². The van der Waals surface area contributed by atoms with Crippen molar-refractivity contribution in [3.63, 3.8) is 0 Å². The number of hydrogen-bond acceptors (Lipinski definition) is 12. The molecule has 0 aliphatic heterocycles. The van der Waals surface area contributed by atoms with E-state index in [0.717, 1.165) is 49.7 Å². The standard InChI is InChI=1S/C21H18Cl2FN5O10S2/c1-38-20-19(39-7-6-24)10-25-21(26-20)29(40(34,35)11-13-2-4-15(22)8-17(13)27(30)31)41(36,37)12-14-3-5-16(23)9-18(14)28(32)33/h2-5,8-10H,6-7,11-12H2,1H3. The van der Waals surface area contributed by atoms with Gasteiger partial charge in [-0.15, -0.1) is 3.71 Å². The number of sulfonamides is 2. The summed E-state index contributed by atoms with van der Waals surface area (Å²) in [5, 5.41) is 22.9. The number of hydrogen-bond donors (Lipinski definition) is 0. The van der Waals surface area contributed by atoms with Crippen LogP contribution >= 0.6 is 23.2 Å². The number of nitro groups is 2. The molecule has 3 aromatic rings. The Morgan fingerprint density at radius 3 is 1.83 bits per heavy atom. The highest BCUT2D eigenvalue weighted by Gasteiger charge is 2.40. The zero-order chi connectivity index (χ0) is 30.5. The van der Waals surface area contributed by atoms with E-state index in [9.17, 15) is 41.5 Å². The molecule has 0 saturated heterocycles. The van der Waals surface area contributed by atoms with E-state index in [-0.39, 0.29) is 19.5 Å². The van der Waals surface area contributed by atoms with Gasteiger partial charge in [-0.2, -0.15) is 4.98 Å². The first-order valence-corrected chi connectivity index (χ1v) is 14.9. The average molecular weight is 654 g/mol. The Labute approximate surface area is 241 Å². The van der Waals surface area contributed by atoms with E-state index in [2.05, 4.69) is 9.97 Å². The molecule has 15 nitrogen and oxygen atoms in total. The topological polar surface area (TPSA) is 202 Å². The van der Waals surface area contributed by atoms with Gasteiger partial charge in [-0.05, 0) is 24.3 Å². The van der Waals surface area contributed by atoms with Crippen molar-refractivity contribution in [2.75, 3.05) is 24.1 Å². The minimum absolute atomic E-state index is 0.0886. The number of alkyl halides is 1. The summed E-state index contributed by atoms with van der Waals surface area (Å²) in [7, 11) is -9.22. The van der Waals surface area contributed by atoms with Gasteiger partial charge < -0.3 is 9.47 Å². The predicted octanol–water partition coefficient (Wildman–Crippen LogP) is 3.82. The largest absolute Gasteiger partial charge is 0.484 e. The maximum absolute atomic E-state index is 13.7. The first-order valence-electron chi connectivity index (χ1n) is 10.9. The highest BCUT2D eigenvalue weighted by Crippen LogP contribution is 2.33. The van der Waals surface area contributed by atoms with Crippen molar-refractivity contribution in [1.82, 2.24) is 9.97 Å². The van der Waals surface area contributed by atoms with Crippen LogP contribution in [-0.2, 0) is 31.6 Å². The Morgan fingerprint density at radius 1 is 0.927 bits per heavy atom. The molecular weight excluding hydrogens is 636 g/mol. The summed E-state index contributed by atoms with van der Waals surface area (Å²) in [4.78, 5) is 28.7. The number of nitrogens with zero attached hydrogens (tertiary/aromatic N) is 5. The monoisotopic (exact) mass is 653 g/mol. The summed E-state index contributed by atoms with van der Waals surface area (Å²) >= 11 is 11.6. The molecule has 0 saturated carbocycles. The Hall–Kier alpha value is -3.87. The first kappa shape index (κ1) is 31.7. The van der Waals surface area contributed by atoms with E-state index in [1.807, 2.05) is 0 Å². The molecule has 0 atom stereocenters. The molecule has 2 aromatic carbocycles. The molecule has 3 rings (SSSR count). The quantitative estimate of drug-likeness (QED) is 0.191.